The van der Waals surface area contributed by atoms with Gasteiger partial charge < -0.3 is 15.5 Å². The van der Waals surface area contributed by atoms with Crippen LogP contribution < -0.4 is 10.6 Å². The average molecular weight is 462 g/mol. The van der Waals surface area contributed by atoms with Gasteiger partial charge in [-0.2, -0.15) is 13.2 Å². The molecule has 4 amide bonds. The molecule has 2 aromatic carbocycles. The van der Waals surface area contributed by atoms with E-state index in [0.29, 0.717) is 0 Å². The predicted molar refractivity (Wildman–Crippen MR) is 109 cm³/mol. The molecular formula is C22H18F4N4O3. The van der Waals surface area contributed by atoms with Crippen molar-refractivity contribution in [1.29, 1.82) is 0 Å². The SMILES string of the molecule is CN1C(=O)NC(c2ccccc2C(F)(F)F)C2=C1CN(CC(=O)Nc1ccccc1F)C2=O. The molecule has 2 N–H and O–H groups in total. The van der Waals surface area contributed by atoms with E-state index in [9.17, 15) is 31.9 Å². The summed E-state index contributed by atoms with van der Waals surface area (Å²) in [5.74, 6) is -2.04. The third-order valence-corrected chi connectivity index (χ3v) is 5.49. The van der Waals surface area contributed by atoms with Crippen molar-refractivity contribution in [1.82, 2.24) is 15.1 Å². The van der Waals surface area contributed by atoms with E-state index in [1.807, 2.05) is 0 Å². The van der Waals surface area contributed by atoms with E-state index < -0.39 is 48.0 Å². The molecule has 0 radical (unpaired) electrons. The lowest BCUT2D eigenvalue weighted by atomic mass is 9.92. The maximum Gasteiger partial charge on any atom is 0.416 e. The van der Waals surface area contributed by atoms with Gasteiger partial charge in [0.25, 0.3) is 5.91 Å². The highest BCUT2D eigenvalue weighted by molar-refractivity contribution is 6.04. The third-order valence-electron chi connectivity index (χ3n) is 5.49. The van der Waals surface area contributed by atoms with Crippen LogP contribution >= 0.6 is 0 Å². The van der Waals surface area contributed by atoms with E-state index in [1.54, 1.807) is 0 Å². The zero-order chi connectivity index (χ0) is 23.9. The molecule has 2 aliphatic heterocycles. The van der Waals surface area contributed by atoms with Crippen LogP contribution in [0.15, 0.2) is 59.8 Å². The number of hydrogen-bond donors (Lipinski definition) is 2. The fourth-order valence-electron chi connectivity index (χ4n) is 3.92. The van der Waals surface area contributed by atoms with Crippen molar-refractivity contribution in [2.45, 2.75) is 12.2 Å². The number of amides is 4. The van der Waals surface area contributed by atoms with E-state index in [-0.39, 0.29) is 29.1 Å². The number of para-hydroxylation sites is 1. The lowest BCUT2D eigenvalue weighted by Gasteiger charge is -2.32. The molecule has 7 nitrogen and oxygen atoms in total. The summed E-state index contributed by atoms with van der Waals surface area (Å²) in [4.78, 5) is 40.2. The molecule has 33 heavy (non-hydrogen) atoms. The minimum Gasteiger partial charge on any atom is -0.326 e. The average Bonchev–Trinajstić information content (AvgIpc) is 3.08. The summed E-state index contributed by atoms with van der Waals surface area (Å²) in [6.07, 6.45) is -4.70. The number of benzene rings is 2. The number of urea groups is 1. The molecule has 172 valence electrons. The van der Waals surface area contributed by atoms with Crippen LogP contribution in [-0.4, -0.2) is 47.8 Å². The summed E-state index contributed by atoms with van der Waals surface area (Å²) in [6, 6.07) is 8.14. The number of carbonyl (C=O) groups excluding carboxylic acids is 3. The normalized spacial score (nSPS) is 18.4. The summed E-state index contributed by atoms with van der Waals surface area (Å²) in [6.45, 7) is -0.636. The zero-order valence-corrected chi connectivity index (χ0v) is 17.2. The monoisotopic (exact) mass is 462 g/mol. The van der Waals surface area contributed by atoms with Crippen LogP contribution in [-0.2, 0) is 15.8 Å². The molecule has 4 rings (SSSR count). The Hall–Kier alpha value is -3.89. The zero-order valence-electron chi connectivity index (χ0n) is 17.2. The Morgan fingerprint density at radius 1 is 1.12 bits per heavy atom. The molecular weight excluding hydrogens is 444 g/mol. The van der Waals surface area contributed by atoms with Gasteiger partial charge in [0, 0.05) is 7.05 Å². The van der Waals surface area contributed by atoms with Crippen LogP contribution in [0.1, 0.15) is 17.2 Å². The van der Waals surface area contributed by atoms with Gasteiger partial charge in [-0.1, -0.05) is 30.3 Å². The van der Waals surface area contributed by atoms with Crippen molar-refractivity contribution in [2.75, 3.05) is 25.5 Å². The molecule has 0 aromatic heterocycles. The molecule has 0 fully saturated rings. The standard InChI is InChI=1S/C22H18F4N4O3/c1-29-16-10-30(11-17(31)27-15-9-5-4-8-14(15)23)20(32)18(16)19(28-21(29)33)12-6-2-3-7-13(12)22(24,25)26/h2-9,19H,10-11H2,1H3,(H,27,31)(H,28,33). The first kappa shape index (κ1) is 22.3. The van der Waals surface area contributed by atoms with Crippen LogP contribution in [0.4, 0.5) is 28.0 Å². The first-order valence-electron chi connectivity index (χ1n) is 9.85. The quantitative estimate of drug-likeness (QED) is 0.685. The van der Waals surface area contributed by atoms with Crippen LogP contribution in [0.3, 0.4) is 0 Å². The number of anilines is 1. The fourth-order valence-corrected chi connectivity index (χ4v) is 3.92. The van der Waals surface area contributed by atoms with E-state index in [4.69, 9.17) is 0 Å². The second-order valence-electron chi connectivity index (χ2n) is 7.58. The van der Waals surface area contributed by atoms with Gasteiger partial charge in [-0.15, -0.1) is 0 Å². The molecule has 0 saturated heterocycles. The maximum absolute atomic E-state index is 13.8. The van der Waals surface area contributed by atoms with E-state index in [2.05, 4.69) is 10.6 Å². The maximum atomic E-state index is 13.8. The second-order valence-corrected chi connectivity index (χ2v) is 7.58. The molecule has 2 heterocycles. The highest BCUT2D eigenvalue weighted by atomic mass is 19.4. The molecule has 2 aromatic rings. The van der Waals surface area contributed by atoms with Crippen LogP contribution in [0, 0.1) is 5.82 Å². The van der Waals surface area contributed by atoms with E-state index >= 15 is 0 Å². The summed E-state index contributed by atoms with van der Waals surface area (Å²) in [5.41, 5.74) is -1.17. The summed E-state index contributed by atoms with van der Waals surface area (Å²) in [5, 5.41) is 4.81. The Morgan fingerprint density at radius 3 is 2.48 bits per heavy atom. The molecule has 0 aliphatic carbocycles. The lowest BCUT2D eigenvalue weighted by Crippen LogP contribution is -2.45. The molecule has 2 aliphatic rings. The van der Waals surface area contributed by atoms with Crippen molar-refractivity contribution < 1.29 is 31.9 Å². The summed E-state index contributed by atoms with van der Waals surface area (Å²) < 4.78 is 54.6. The number of halogens is 4. The lowest BCUT2D eigenvalue weighted by molar-refractivity contribution is -0.138. The first-order valence-corrected chi connectivity index (χ1v) is 9.85. The highest BCUT2D eigenvalue weighted by Crippen LogP contribution is 2.41. The summed E-state index contributed by atoms with van der Waals surface area (Å²) in [7, 11) is 1.38. The number of likely N-dealkylation sites (N-methyl/N-ethyl adjacent to an activating group) is 1. The Balaban J connectivity index is 1.62. The minimum absolute atomic E-state index is 0.0486. The van der Waals surface area contributed by atoms with Gasteiger partial charge in [0.1, 0.15) is 12.4 Å². The fraction of sp³-hybridized carbons (Fsp3) is 0.227. The Morgan fingerprint density at radius 2 is 1.79 bits per heavy atom. The van der Waals surface area contributed by atoms with Crippen LogP contribution in [0.5, 0.6) is 0 Å². The highest BCUT2D eigenvalue weighted by Gasteiger charge is 2.46. The molecule has 0 saturated carbocycles. The molecule has 11 heteroatoms. The Bertz CT molecular complexity index is 1180. The van der Waals surface area contributed by atoms with Crippen molar-refractivity contribution in [2.24, 2.45) is 0 Å². The Kier molecular flexibility index (Phi) is 5.56. The largest absolute Gasteiger partial charge is 0.416 e. The van der Waals surface area contributed by atoms with Gasteiger partial charge in [-0.05, 0) is 23.8 Å². The van der Waals surface area contributed by atoms with Crippen LogP contribution in [0.25, 0.3) is 0 Å². The van der Waals surface area contributed by atoms with Crippen molar-refractivity contribution in [3.05, 3.63) is 76.7 Å². The topological polar surface area (TPSA) is 81.8 Å². The van der Waals surface area contributed by atoms with Crippen LogP contribution in [0.2, 0.25) is 0 Å². The van der Waals surface area contributed by atoms with E-state index in [1.165, 1.54) is 43.4 Å². The number of nitrogens with one attached hydrogen (secondary N) is 2. The van der Waals surface area contributed by atoms with Gasteiger partial charge in [-0.3, -0.25) is 14.5 Å². The van der Waals surface area contributed by atoms with Crippen molar-refractivity contribution in [3.63, 3.8) is 0 Å². The number of rotatable bonds is 4. The first-order chi connectivity index (χ1) is 15.6. The van der Waals surface area contributed by atoms with Gasteiger partial charge in [0.05, 0.1) is 35.1 Å². The third kappa shape index (κ3) is 4.13. The molecule has 1 unspecified atom stereocenters. The van der Waals surface area contributed by atoms with Gasteiger partial charge >= 0.3 is 12.2 Å². The summed E-state index contributed by atoms with van der Waals surface area (Å²) >= 11 is 0. The number of carbonyl (C=O) groups is 3. The number of nitrogens with zero attached hydrogens (tertiary/aromatic N) is 2. The smallest absolute Gasteiger partial charge is 0.326 e. The molecule has 0 spiro atoms. The molecule has 0 bridgehead atoms. The van der Waals surface area contributed by atoms with Gasteiger partial charge in [-0.25, -0.2) is 9.18 Å². The van der Waals surface area contributed by atoms with E-state index in [0.717, 1.165) is 21.9 Å². The predicted octanol–water partition coefficient (Wildman–Crippen LogP) is 3.28. The second kappa shape index (κ2) is 8.23. The van der Waals surface area contributed by atoms with Crippen molar-refractivity contribution in [3.8, 4) is 0 Å². The number of hydrogen-bond acceptors (Lipinski definition) is 3. The number of alkyl halides is 3. The molecule has 1 atom stereocenters. The van der Waals surface area contributed by atoms with Gasteiger partial charge in [0.15, 0.2) is 0 Å². The minimum atomic E-state index is -4.70. The van der Waals surface area contributed by atoms with Gasteiger partial charge in [0.2, 0.25) is 5.91 Å². The van der Waals surface area contributed by atoms with Crippen molar-refractivity contribution >= 4 is 23.5 Å². The Labute approximate surface area is 185 Å².